The number of anilines is 1. The number of ether oxygens (including phenoxy) is 1. The molecular formula is C21H23ClF2N2O4S. The van der Waals surface area contributed by atoms with Crippen LogP contribution in [-0.2, 0) is 10.0 Å². The summed E-state index contributed by atoms with van der Waals surface area (Å²) >= 11 is 5.89. The third-order valence-electron chi connectivity index (χ3n) is 4.77. The van der Waals surface area contributed by atoms with Gasteiger partial charge in [0.15, 0.2) is 11.6 Å². The van der Waals surface area contributed by atoms with E-state index < -0.39 is 27.6 Å². The number of nitrogens with zero attached hydrogens (tertiary/aromatic N) is 1. The van der Waals surface area contributed by atoms with Gasteiger partial charge in [0.25, 0.3) is 5.91 Å². The van der Waals surface area contributed by atoms with E-state index in [1.807, 2.05) is 0 Å². The molecule has 0 spiro atoms. The number of hydrogen-bond acceptors (Lipinski definition) is 4. The summed E-state index contributed by atoms with van der Waals surface area (Å²) in [6.07, 6.45) is 2.29. The fraction of sp³-hybridized carbons (Fsp3) is 0.381. The molecule has 0 unspecified atom stereocenters. The predicted octanol–water partition coefficient (Wildman–Crippen LogP) is 4.83. The molecule has 1 aliphatic rings. The van der Waals surface area contributed by atoms with E-state index in [2.05, 4.69) is 5.32 Å². The molecule has 1 fully saturated rings. The van der Waals surface area contributed by atoms with Crippen molar-refractivity contribution in [3.8, 4) is 5.75 Å². The number of sulfonamides is 1. The minimum atomic E-state index is -3.76. The third-order valence-corrected chi connectivity index (χ3v) is 6.98. The van der Waals surface area contributed by atoms with Crippen LogP contribution in [0.2, 0.25) is 5.02 Å². The van der Waals surface area contributed by atoms with E-state index in [1.54, 1.807) is 13.8 Å². The maximum atomic E-state index is 13.6. The largest absolute Gasteiger partial charge is 0.489 e. The molecule has 1 N–H and O–H groups in total. The molecule has 0 radical (unpaired) electrons. The lowest BCUT2D eigenvalue weighted by atomic mass is 10.2. The van der Waals surface area contributed by atoms with Crippen LogP contribution in [0.4, 0.5) is 14.5 Å². The molecule has 1 aliphatic heterocycles. The summed E-state index contributed by atoms with van der Waals surface area (Å²) < 4.78 is 60.1. The lowest BCUT2D eigenvalue weighted by molar-refractivity contribution is 0.102. The Morgan fingerprint density at radius 2 is 1.74 bits per heavy atom. The Bertz CT molecular complexity index is 1090. The Morgan fingerprint density at radius 3 is 2.39 bits per heavy atom. The maximum Gasteiger partial charge on any atom is 0.257 e. The van der Waals surface area contributed by atoms with E-state index in [4.69, 9.17) is 16.3 Å². The molecule has 31 heavy (non-hydrogen) atoms. The van der Waals surface area contributed by atoms with Gasteiger partial charge in [0.2, 0.25) is 10.0 Å². The number of benzene rings is 2. The average Bonchev–Trinajstić information content (AvgIpc) is 2.72. The van der Waals surface area contributed by atoms with Crippen LogP contribution in [0.5, 0.6) is 5.75 Å². The van der Waals surface area contributed by atoms with Gasteiger partial charge in [-0.2, -0.15) is 4.31 Å². The van der Waals surface area contributed by atoms with Crippen molar-refractivity contribution in [2.45, 2.75) is 44.1 Å². The van der Waals surface area contributed by atoms with Crippen molar-refractivity contribution in [1.29, 1.82) is 0 Å². The molecule has 2 aromatic rings. The highest BCUT2D eigenvalue weighted by Crippen LogP contribution is 2.32. The minimum absolute atomic E-state index is 0.00260. The molecule has 0 aromatic heterocycles. The van der Waals surface area contributed by atoms with Gasteiger partial charge >= 0.3 is 0 Å². The van der Waals surface area contributed by atoms with E-state index in [-0.39, 0.29) is 33.0 Å². The second-order valence-corrected chi connectivity index (χ2v) is 9.83. The van der Waals surface area contributed by atoms with Crippen molar-refractivity contribution in [3.63, 3.8) is 0 Å². The molecule has 10 heteroatoms. The molecule has 1 amide bonds. The van der Waals surface area contributed by atoms with Gasteiger partial charge in [-0.05, 0) is 57.0 Å². The zero-order valence-corrected chi connectivity index (χ0v) is 18.7. The van der Waals surface area contributed by atoms with Crippen LogP contribution < -0.4 is 10.1 Å². The first kappa shape index (κ1) is 23.4. The fourth-order valence-electron chi connectivity index (χ4n) is 3.26. The lowest BCUT2D eigenvalue weighted by Crippen LogP contribution is -2.35. The van der Waals surface area contributed by atoms with Crippen molar-refractivity contribution in [2.75, 3.05) is 18.4 Å². The molecule has 0 saturated carbocycles. The zero-order chi connectivity index (χ0) is 22.8. The van der Waals surface area contributed by atoms with Gasteiger partial charge in [-0.3, -0.25) is 4.79 Å². The number of amides is 1. The van der Waals surface area contributed by atoms with E-state index in [0.29, 0.717) is 25.2 Å². The summed E-state index contributed by atoms with van der Waals surface area (Å²) in [6.45, 7) is 4.41. The van der Waals surface area contributed by atoms with Gasteiger partial charge in [0.1, 0.15) is 5.75 Å². The average molecular weight is 473 g/mol. The second kappa shape index (κ2) is 9.50. The number of piperidine rings is 1. The van der Waals surface area contributed by atoms with Gasteiger partial charge in [-0.15, -0.1) is 0 Å². The zero-order valence-electron chi connectivity index (χ0n) is 17.1. The SMILES string of the molecule is CC(C)Oc1ccc(S(=O)(=O)N2CCCCC2)cc1NC(=O)c1cc(F)c(F)cc1Cl. The standard InChI is InChI=1S/C21H23ClF2N2O4S/c1-13(2)30-20-7-6-14(31(28,29)26-8-4-3-5-9-26)10-19(20)25-21(27)15-11-17(23)18(24)12-16(15)22/h6-7,10-13H,3-5,8-9H2,1-2H3,(H,25,27). The van der Waals surface area contributed by atoms with Crippen molar-refractivity contribution < 1.29 is 26.7 Å². The summed E-state index contributed by atoms with van der Waals surface area (Å²) in [5.41, 5.74) is -0.210. The number of carbonyl (C=O) groups is 1. The Hall–Kier alpha value is -2.23. The summed E-state index contributed by atoms with van der Waals surface area (Å²) in [6, 6.07) is 5.56. The molecule has 168 valence electrons. The summed E-state index contributed by atoms with van der Waals surface area (Å²) in [5.74, 6) is -3.00. The number of halogens is 3. The van der Waals surface area contributed by atoms with Crippen LogP contribution in [0, 0.1) is 11.6 Å². The van der Waals surface area contributed by atoms with Crippen LogP contribution in [0.25, 0.3) is 0 Å². The quantitative estimate of drug-likeness (QED) is 0.611. The highest BCUT2D eigenvalue weighted by atomic mass is 35.5. The molecule has 0 aliphatic carbocycles. The third kappa shape index (κ3) is 5.34. The second-order valence-electron chi connectivity index (χ2n) is 7.49. The highest BCUT2D eigenvalue weighted by Gasteiger charge is 2.27. The normalized spacial score (nSPS) is 15.2. The van der Waals surface area contributed by atoms with Gasteiger partial charge < -0.3 is 10.1 Å². The molecule has 1 saturated heterocycles. The maximum absolute atomic E-state index is 13.6. The Kier molecular flexibility index (Phi) is 7.18. The van der Waals surface area contributed by atoms with Crippen LogP contribution >= 0.6 is 11.6 Å². The topological polar surface area (TPSA) is 75.7 Å². The Labute approximate surface area is 185 Å². The first-order valence-corrected chi connectivity index (χ1v) is 11.7. The predicted molar refractivity (Wildman–Crippen MR) is 114 cm³/mol. The van der Waals surface area contributed by atoms with E-state index in [0.717, 1.165) is 19.3 Å². The van der Waals surface area contributed by atoms with Crippen LogP contribution in [-0.4, -0.2) is 37.8 Å². The molecule has 0 bridgehead atoms. The Balaban J connectivity index is 1.98. The number of rotatable bonds is 6. The Morgan fingerprint density at radius 1 is 1.10 bits per heavy atom. The molecule has 6 nitrogen and oxygen atoms in total. The summed E-state index contributed by atoms with van der Waals surface area (Å²) in [5, 5.41) is 2.24. The molecular weight excluding hydrogens is 450 g/mol. The number of nitrogens with one attached hydrogen (secondary N) is 1. The van der Waals surface area contributed by atoms with Crippen molar-refractivity contribution >= 4 is 33.2 Å². The number of carbonyl (C=O) groups excluding carboxylic acids is 1. The van der Waals surface area contributed by atoms with E-state index in [9.17, 15) is 22.0 Å². The first-order valence-electron chi connectivity index (χ1n) is 9.86. The molecule has 2 aromatic carbocycles. The summed E-state index contributed by atoms with van der Waals surface area (Å²) in [7, 11) is -3.76. The van der Waals surface area contributed by atoms with Crippen LogP contribution in [0.15, 0.2) is 35.2 Å². The lowest BCUT2D eigenvalue weighted by Gasteiger charge is -2.26. The van der Waals surface area contributed by atoms with Crippen molar-refractivity contribution in [2.24, 2.45) is 0 Å². The van der Waals surface area contributed by atoms with E-state index in [1.165, 1.54) is 22.5 Å². The van der Waals surface area contributed by atoms with Gasteiger partial charge in [-0.25, -0.2) is 17.2 Å². The van der Waals surface area contributed by atoms with Gasteiger partial charge in [-0.1, -0.05) is 18.0 Å². The molecule has 1 heterocycles. The van der Waals surface area contributed by atoms with Crippen LogP contribution in [0.1, 0.15) is 43.5 Å². The fourth-order valence-corrected chi connectivity index (χ4v) is 5.04. The minimum Gasteiger partial charge on any atom is -0.489 e. The van der Waals surface area contributed by atoms with Gasteiger partial charge in [0, 0.05) is 13.1 Å². The monoisotopic (exact) mass is 472 g/mol. The number of hydrogen-bond donors (Lipinski definition) is 1. The molecule has 3 rings (SSSR count). The molecule has 0 atom stereocenters. The van der Waals surface area contributed by atoms with Gasteiger partial charge in [0.05, 0.1) is 27.3 Å². The van der Waals surface area contributed by atoms with Crippen LogP contribution in [0.3, 0.4) is 0 Å². The van der Waals surface area contributed by atoms with E-state index >= 15 is 0 Å². The smallest absolute Gasteiger partial charge is 0.257 e. The highest BCUT2D eigenvalue weighted by molar-refractivity contribution is 7.89. The first-order chi connectivity index (χ1) is 14.6. The van der Waals surface area contributed by atoms with Crippen molar-refractivity contribution in [1.82, 2.24) is 4.31 Å². The van der Waals surface area contributed by atoms with Crippen molar-refractivity contribution in [3.05, 3.63) is 52.6 Å². The summed E-state index contributed by atoms with van der Waals surface area (Å²) in [4.78, 5) is 12.7.